The van der Waals surface area contributed by atoms with Crippen LogP contribution in [0, 0.1) is 10.1 Å². The van der Waals surface area contributed by atoms with E-state index in [4.69, 9.17) is 20.8 Å². The molecule has 1 amide bonds. The Morgan fingerprint density at radius 1 is 1.12 bits per heavy atom. The molecule has 0 unspecified atom stereocenters. The number of furan rings is 1. The van der Waals surface area contributed by atoms with Crippen molar-refractivity contribution in [2.24, 2.45) is 0 Å². The highest BCUT2D eigenvalue weighted by molar-refractivity contribution is 6.32. The number of halogens is 1. The monoisotopic (exact) mass is 372 g/mol. The molecular formula is C18H13ClN2O5. The highest BCUT2D eigenvalue weighted by atomic mass is 35.5. The number of nitro groups is 1. The lowest BCUT2D eigenvalue weighted by molar-refractivity contribution is -0.383. The van der Waals surface area contributed by atoms with Crippen molar-refractivity contribution < 1.29 is 18.9 Å². The van der Waals surface area contributed by atoms with Crippen LogP contribution in [-0.2, 0) is 6.61 Å². The first kappa shape index (κ1) is 17.5. The minimum absolute atomic E-state index is 0.0147. The molecular weight excluding hydrogens is 360 g/mol. The molecule has 0 fully saturated rings. The van der Waals surface area contributed by atoms with E-state index in [9.17, 15) is 14.9 Å². The molecule has 0 saturated heterocycles. The van der Waals surface area contributed by atoms with E-state index < -0.39 is 10.8 Å². The van der Waals surface area contributed by atoms with Gasteiger partial charge < -0.3 is 14.5 Å². The summed E-state index contributed by atoms with van der Waals surface area (Å²) in [4.78, 5) is 22.7. The van der Waals surface area contributed by atoms with E-state index in [0.29, 0.717) is 16.5 Å². The van der Waals surface area contributed by atoms with Crippen molar-refractivity contribution in [2.75, 3.05) is 5.32 Å². The molecule has 0 aliphatic carbocycles. The predicted molar refractivity (Wildman–Crippen MR) is 95.5 cm³/mol. The molecule has 1 heterocycles. The Morgan fingerprint density at radius 2 is 1.85 bits per heavy atom. The second-order valence-corrected chi connectivity index (χ2v) is 5.62. The highest BCUT2D eigenvalue weighted by Crippen LogP contribution is 2.25. The molecule has 0 radical (unpaired) electrons. The van der Waals surface area contributed by atoms with Crippen molar-refractivity contribution in [3.63, 3.8) is 0 Å². The van der Waals surface area contributed by atoms with Crippen LogP contribution in [0.1, 0.15) is 16.3 Å². The quantitative estimate of drug-likeness (QED) is 0.501. The average molecular weight is 373 g/mol. The summed E-state index contributed by atoms with van der Waals surface area (Å²) >= 11 is 6.00. The minimum atomic E-state index is -0.594. The van der Waals surface area contributed by atoms with Crippen LogP contribution in [0.2, 0.25) is 5.02 Å². The van der Waals surface area contributed by atoms with E-state index in [1.807, 2.05) is 0 Å². The van der Waals surface area contributed by atoms with Crippen LogP contribution in [0.5, 0.6) is 5.75 Å². The molecule has 0 atom stereocenters. The summed E-state index contributed by atoms with van der Waals surface area (Å²) in [6.07, 6.45) is 0. The van der Waals surface area contributed by atoms with Gasteiger partial charge in [0.15, 0.2) is 5.76 Å². The van der Waals surface area contributed by atoms with Crippen LogP contribution in [0.4, 0.5) is 11.4 Å². The van der Waals surface area contributed by atoms with Gasteiger partial charge in [0.2, 0.25) is 0 Å². The Morgan fingerprint density at radius 3 is 2.62 bits per heavy atom. The third-order valence-corrected chi connectivity index (χ3v) is 3.75. The van der Waals surface area contributed by atoms with Crippen LogP contribution >= 0.6 is 11.6 Å². The van der Waals surface area contributed by atoms with Gasteiger partial charge in [-0.1, -0.05) is 35.9 Å². The molecule has 1 aromatic heterocycles. The van der Waals surface area contributed by atoms with Crippen molar-refractivity contribution in [2.45, 2.75) is 6.61 Å². The molecule has 2 aromatic carbocycles. The summed E-state index contributed by atoms with van der Waals surface area (Å²) in [5, 5.41) is 13.9. The van der Waals surface area contributed by atoms with Gasteiger partial charge >= 0.3 is 0 Å². The number of hydrogen-bond donors (Lipinski definition) is 1. The number of benzene rings is 2. The lowest BCUT2D eigenvalue weighted by Gasteiger charge is -2.06. The first-order chi connectivity index (χ1) is 12.5. The van der Waals surface area contributed by atoms with Gasteiger partial charge in [-0.2, -0.15) is 0 Å². The predicted octanol–water partition coefficient (Wildman–Crippen LogP) is 4.67. The van der Waals surface area contributed by atoms with E-state index >= 15 is 0 Å². The second-order valence-electron chi connectivity index (χ2n) is 5.21. The average Bonchev–Trinajstić information content (AvgIpc) is 3.10. The molecule has 132 valence electrons. The first-order valence-electron chi connectivity index (χ1n) is 7.55. The topological polar surface area (TPSA) is 94.6 Å². The van der Waals surface area contributed by atoms with Gasteiger partial charge in [0.05, 0.1) is 9.95 Å². The third-order valence-electron chi connectivity index (χ3n) is 3.44. The molecule has 0 aliphatic heterocycles. The van der Waals surface area contributed by atoms with Crippen molar-refractivity contribution >= 4 is 28.9 Å². The Balaban J connectivity index is 1.67. The minimum Gasteiger partial charge on any atom is -0.484 e. The van der Waals surface area contributed by atoms with Crippen LogP contribution in [0.15, 0.2) is 65.1 Å². The van der Waals surface area contributed by atoms with E-state index in [-0.39, 0.29) is 23.7 Å². The number of para-hydroxylation sites is 3. The molecule has 0 aliphatic rings. The van der Waals surface area contributed by atoms with Gasteiger partial charge in [-0.15, -0.1) is 0 Å². The van der Waals surface area contributed by atoms with E-state index in [0.717, 1.165) is 0 Å². The van der Waals surface area contributed by atoms with Crippen LogP contribution in [0.3, 0.4) is 0 Å². The Kier molecular flexibility index (Phi) is 5.19. The number of nitrogens with zero attached hydrogens (tertiary/aromatic N) is 1. The van der Waals surface area contributed by atoms with Crippen molar-refractivity contribution in [3.05, 3.63) is 87.3 Å². The molecule has 3 rings (SSSR count). The maximum absolute atomic E-state index is 12.2. The number of ether oxygens (including phenoxy) is 1. The number of anilines is 1. The van der Waals surface area contributed by atoms with Crippen LogP contribution in [-0.4, -0.2) is 10.8 Å². The summed E-state index contributed by atoms with van der Waals surface area (Å²) in [7, 11) is 0. The number of nitrogens with one attached hydrogen (secondary N) is 1. The zero-order valence-corrected chi connectivity index (χ0v) is 14.1. The molecule has 26 heavy (non-hydrogen) atoms. The van der Waals surface area contributed by atoms with E-state index in [1.54, 1.807) is 36.4 Å². The van der Waals surface area contributed by atoms with Crippen LogP contribution in [0.25, 0.3) is 0 Å². The van der Waals surface area contributed by atoms with Gasteiger partial charge in [-0.05, 0) is 30.3 Å². The number of carbonyl (C=O) groups excluding carboxylic acids is 1. The standard InChI is InChI=1S/C18H13ClN2O5/c19-13-5-1-4-8-16(13)25-11-12-9-10-17(26-12)18(22)20-14-6-2-3-7-15(14)21(23)24/h1-10H,11H2,(H,20,22). The largest absolute Gasteiger partial charge is 0.484 e. The summed E-state index contributed by atoms with van der Waals surface area (Å²) in [6, 6.07) is 15.9. The van der Waals surface area contributed by atoms with E-state index in [2.05, 4.69) is 5.32 Å². The SMILES string of the molecule is O=C(Nc1ccccc1[N+](=O)[O-])c1ccc(COc2ccccc2Cl)o1. The smallest absolute Gasteiger partial charge is 0.292 e. The summed E-state index contributed by atoms with van der Waals surface area (Å²) in [5.74, 6) is 0.332. The van der Waals surface area contributed by atoms with Gasteiger partial charge in [-0.25, -0.2) is 0 Å². The van der Waals surface area contributed by atoms with Gasteiger partial charge in [0.1, 0.15) is 23.8 Å². The molecule has 7 nitrogen and oxygen atoms in total. The maximum atomic E-state index is 12.2. The second kappa shape index (κ2) is 7.71. The van der Waals surface area contributed by atoms with E-state index in [1.165, 1.54) is 24.3 Å². The normalized spacial score (nSPS) is 10.3. The zero-order valence-electron chi connectivity index (χ0n) is 13.3. The molecule has 1 N–H and O–H groups in total. The Hall–Kier alpha value is -3.32. The number of nitro benzene ring substituents is 1. The van der Waals surface area contributed by atoms with Crippen LogP contribution < -0.4 is 10.1 Å². The lowest BCUT2D eigenvalue weighted by Crippen LogP contribution is -2.12. The molecule has 8 heteroatoms. The number of carbonyl (C=O) groups is 1. The highest BCUT2D eigenvalue weighted by Gasteiger charge is 2.18. The van der Waals surface area contributed by atoms with Crippen molar-refractivity contribution in [1.82, 2.24) is 0 Å². The summed E-state index contributed by atoms with van der Waals surface area (Å²) in [5.41, 5.74) is -0.109. The molecule has 0 spiro atoms. The maximum Gasteiger partial charge on any atom is 0.292 e. The molecule has 0 saturated carbocycles. The number of rotatable bonds is 6. The van der Waals surface area contributed by atoms with Crippen molar-refractivity contribution in [3.8, 4) is 5.75 Å². The van der Waals surface area contributed by atoms with Gasteiger partial charge in [-0.3, -0.25) is 14.9 Å². The fraction of sp³-hybridized carbons (Fsp3) is 0.0556. The Bertz CT molecular complexity index is 954. The zero-order chi connectivity index (χ0) is 18.5. The number of amides is 1. The number of hydrogen-bond acceptors (Lipinski definition) is 5. The first-order valence-corrected chi connectivity index (χ1v) is 7.93. The van der Waals surface area contributed by atoms with Crippen molar-refractivity contribution in [1.29, 1.82) is 0 Å². The fourth-order valence-corrected chi connectivity index (χ4v) is 2.40. The molecule has 0 bridgehead atoms. The van der Waals surface area contributed by atoms with Gasteiger partial charge in [0.25, 0.3) is 11.6 Å². The van der Waals surface area contributed by atoms with Gasteiger partial charge in [0, 0.05) is 6.07 Å². The molecule has 3 aromatic rings. The third kappa shape index (κ3) is 4.01. The Labute approximate surface area is 153 Å². The fourth-order valence-electron chi connectivity index (χ4n) is 2.21. The lowest BCUT2D eigenvalue weighted by atomic mass is 10.2. The summed E-state index contributed by atoms with van der Waals surface area (Å²) in [6.45, 7) is 0.0858. The summed E-state index contributed by atoms with van der Waals surface area (Å²) < 4.78 is 11.0.